The summed E-state index contributed by atoms with van der Waals surface area (Å²) in [5.74, 6) is 0.715. The Labute approximate surface area is 166 Å². The largest absolute Gasteiger partial charge is 0.490 e. The van der Waals surface area contributed by atoms with Crippen molar-refractivity contribution in [1.29, 1.82) is 0 Å². The van der Waals surface area contributed by atoms with E-state index in [4.69, 9.17) is 4.74 Å². The van der Waals surface area contributed by atoms with Gasteiger partial charge in [-0.3, -0.25) is 9.20 Å². The third-order valence-electron chi connectivity index (χ3n) is 5.89. The van der Waals surface area contributed by atoms with Crippen LogP contribution in [0, 0.1) is 12.3 Å². The number of nitrogens with zero attached hydrogens (tertiary/aromatic N) is 3. The lowest BCUT2D eigenvalue weighted by atomic mass is 9.72. The number of carbonyl (C=O) groups excluding carboxylic acids is 1. The Bertz CT molecular complexity index is 973. The third-order valence-corrected chi connectivity index (χ3v) is 7.19. The number of hydrogen-bond donors (Lipinski definition) is 0. The molecule has 1 saturated heterocycles. The topological polar surface area (TPSA) is 81.0 Å². The Morgan fingerprint density at radius 1 is 1.29 bits per heavy atom. The summed E-state index contributed by atoms with van der Waals surface area (Å²) in [6.45, 7) is 7.32. The van der Waals surface area contributed by atoms with Crippen molar-refractivity contribution in [1.82, 2.24) is 13.7 Å². The van der Waals surface area contributed by atoms with E-state index in [0.29, 0.717) is 61.7 Å². The van der Waals surface area contributed by atoms with Crippen molar-refractivity contribution in [2.45, 2.75) is 46.5 Å². The first-order valence-electron chi connectivity index (χ1n) is 9.79. The van der Waals surface area contributed by atoms with Crippen molar-refractivity contribution < 1.29 is 17.9 Å². The highest BCUT2D eigenvalue weighted by atomic mass is 32.2. The van der Waals surface area contributed by atoms with Crippen LogP contribution in [0.1, 0.15) is 55.7 Å². The Morgan fingerprint density at radius 3 is 2.54 bits per heavy atom. The van der Waals surface area contributed by atoms with Crippen molar-refractivity contribution in [3.05, 3.63) is 29.7 Å². The summed E-state index contributed by atoms with van der Waals surface area (Å²) < 4.78 is 32.6. The first kappa shape index (κ1) is 20.8. The number of sulfonamides is 1. The number of aryl methyl sites for hydroxylation is 1. The molecule has 0 saturated carbocycles. The lowest BCUT2D eigenvalue weighted by molar-refractivity contribution is 0.0809. The molecule has 0 aromatic carbocycles. The van der Waals surface area contributed by atoms with Crippen LogP contribution in [0.5, 0.6) is 5.75 Å². The molecule has 7 nitrogen and oxygen atoms in total. The highest BCUT2D eigenvalue weighted by Gasteiger charge is 2.38. The Balaban J connectivity index is 1.86. The van der Waals surface area contributed by atoms with Crippen molar-refractivity contribution >= 4 is 21.5 Å². The molecule has 1 fully saturated rings. The molecule has 2 aromatic heterocycles. The molecule has 0 N–H and O–H groups in total. The smallest absolute Gasteiger partial charge is 0.211 e. The number of piperidine rings is 1. The van der Waals surface area contributed by atoms with Crippen molar-refractivity contribution in [2.75, 3.05) is 26.0 Å². The Kier molecular flexibility index (Phi) is 5.82. The van der Waals surface area contributed by atoms with Gasteiger partial charge >= 0.3 is 0 Å². The molecule has 154 valence electrons. The fourth-order valence-corrected chi connectivity index (χ4v) is 4.98. The van der Waals surface area contributed by atoms with Gasteiger partial charge in [0.05, 0.1) is 18.6 Å². The molecule has 0 spiro atoms. The van der Waals surface area contributed by atoms with Crippen LogP contribution in [-0.2, 0) is 10.0 Å². The molecule has 8 heteroatoms. The molecule has 3 heterocycles. The minimum Gasteiger partial charge on any atom is -0.490 e. The normalized spacial score (nSPS) is 17.7. The number of hydrogen-bond acceptors (Lipinski definition) is 5. The predicted molar refractivity (Wildman–Crippen MR) is 108 cm³/mol. The van der Waals surface area contributed by atoms with Gasteiger partial charge in [-0.05, 0) is 50.7 Å². The van der Waals surface area contributed by atoms with Gasteiger partial charge in [-0.2, -0.15) is 0 Å². The number of carbonyl (C=O) groups is 1. The third kappa shape index (κ3) is 3.93. The van der Waals surface area contributed by atoms with Crippen LogP contribution in [0.2, 0.25) is 0 Å². The molecule has 0 atom stereocenters. The van der Waals surface area contributed by atoms with Gasteiger partial charge in [0.2, 0.25) is 10.0 Å². The molecular formula is C20H29N3O4S. The van der Waals surface area contributed by atoms with Gasteiger partial charge in [0.25, 0.3) is 0 Å². The lowest BCUT2D eigenvalue weighted by Crippen LogP contribution is -2.43. The number of fused-ring (bicyclic) bond motifs is 1. The quantitative estimate of drug-likeness (QED) is 0.659. The monoisotopic (exact) mass is 407 g/mol. The van der Waals surface area contributed by atoms with Crippen LogP contribution in [0.25, 0.3) is 5.65 Å². The van der Waals surface area contributed by atoms with Crippen LogP contribution in [-0.4, -0.2) is 53.8 Å². The lowest BCUT2D eigenvalue weighted by Gasteiger charge is -2.40. The SMILES string of the molecule is CCOc1cccn2c(C(=O)CC3(CC)CCN(S(C)(=O)=O)CC3)c(C)nc12. The number of imidazole rings is 1. The van der Waals surface area contributed by atoms with E-state index in [0.717, 1.165) is 6.42 Å². The van der Waals surface area contributed by atoms with Gasteiger partial charge in [-0.15, -0.1) is 0 Å². The van der Waals surface area contributed by atoms with Crippen LogP contribution in [0.15, 0.2) is 18.3 Å². The maximum atomic E-state index is 13.3. The first-order valence-corrected chi connectivity index (χ1v) is 11.6. The van der Waals surface area contributed by atoms with E-state index in [1.54, 1.807) is 0 Å². The summed E-state index contributed by atoms with van der Waals surface area (Å²) in [5.41, 5.74) is 1.77. The summed E-state index contributed by atoms with van der Waals surface area (Å²) in [7, 11) is -3.18. The molecule has 1 aliphatic heterocycles. The molecule has 0 radical (unpaired) electrons. The van der Waals surface area contributed by atoms with Crippen molar-refractivity contribution in [3.63, 3.8) is 0 Å². The fourth-order valence-electron chi connectivity index (χ4n) is 4.13. The van der Waals surface area contributed by atoms with Crippen molar-refractivity contribution in [3.8, 4) is 5.75 Å². The van der Waals surface area contributed by atoms with E-state index in [-0.39, 0.29) is 11.2 Å². The average Bonchev–Trinajstić information content (AvgIpc) is 2.98. The van der Waals surface area contributed by atoms with Gasteiger partial charge in [0.1, 0.15) is 5.69 Å². The van der Waals surface area contributed by atoms with E-state index in [1.807, 2.05) is 36.6 Å². The first-order chi connectivity index (χ1) is 13.2. The van der Waals surface area contributed by atoms with E-state index >= 15 is 0 Å². The zero-order chi connectivity index (χ0) is 20.5. The van der Waals surface area contributed by atoms with E-state index in [2.05, 4.69) is 11.9 Å². The summed E-state index contributed by atoms with van der Waals surface area (Å²) in [4.78, 5) is 17.9. The number of ether oxygens (including phenoxy) is 1. The van der Waals surface area contributed by atoms with Crippen LogP contribution in [0.4, 0.5) is 0 Å². The number of rotatable bonds is 7. The number of ketones is 1. The van der Waals surface area contributed by atoms with Gasteiger partial charge < -0.3 is 4.74 Å². The standard InChI is InChI=1S/C20H29N3O4S/c1-5-20(9-12-22(13-10-20)28(4,25)26)14-16(24)18-15(3)21-19-17(27-6-2)8-7-11-23(18)19/h7-8,11H,5-6,9-10,12-14H2,1-4H3. The highest BCUT2D eigenvalue weighted by Crippen LogP contribution is 2.40. The molecule has 0 bridgehead atoms. The fraction of sp³-hybridized carbons (Fsp3) is 0.600. The molecule has 1 aliphatic rings. The maximum absolute atomic E-state index is 13.3. The zero-order valence-corrected chi connectivity index (χ0v) is 17.9. The van der Waals surface area contributed by atoms with Gasteiger partial charge in [0, 0.05) is 25.7 Å². The number of Topliss-reactive ketones (excluding diaryl/α,β-unsaturated/α-hetero) is 1. The minimum atomic E-state index is -3.18. The van der Waals surface area contributed by atoms with Crippen molar-refractivity contribution in [2.24, 2.45) is 5.41 Å². The van der Waals surface area contributed by atoms with E-state index in [1.165, 1.54) is 10.6 Å². The molecule has 3 rings (SSSR count). The number of pyridine rings is 1. The van der Waals surface area contributed by atoms with E-state index < -0.39 is 10.0 Å². The maximum Gasteiger partial charge on any atom is 0.211 e. The summed E-state index contributed by atoms with van der Waals surface area (Å²) in [6.07, 6.45) is 5.72. The molecule has 28 heavy (non-hydrogen) atoms. The average molecular weight is 408 g/mol. The minimum absolute atomic E-state index is 0.0494. The van der Waals surface area contributed by atoms with Gasteiger partial charge in [0.15, 0.2) is 17.2 Å². The van der Waals surface area contributed by atoms with E-state index in [9.17, 15) is 13.2 Å². The second-order valence-electron chi connectivity index (χ2n) is 7.66. The summed E-state index contributed by atoms with van der Waals surface area (Å²) >= 11 is 0. The Morgan fingerprint density at radius 2 is 1.96 bits per heavy atom. The zero-order valence-electron chi connectivity index (χ0n) is 17.1. The second-order valence-corrected chi connectivity index (χ2v) is 9.64. The van der Waals surface area contributed by atoms with Crippen LogP contribution >= 0.6 is 0 Å². The van der Waals surface area contributed by atoms with Gasteiger partial charge in [-0.1, -0.05) is 6.92 Å². The molecular weight excluding hydrogens is 378 g/mol. The van der Waals surface area contributed by atoms with Crippen LogP contribution in [0.3, 0.4) is 0 Å². The predicted octanol–water partition coefficient (Wildman–Crippen LogP) is 3.07. The molecule has 0 unspecified atom stereocenters. The summed E-state index contributed by atoms with van der Waals surface area (Å²) in [5, 5.41) is 0. The molecule has 0 aliphatic carbocycles. The molecule has 2 aromatic rings. The number of aromatic nitrogens is 2. The van der Waals surface area contributed by atoms with Crippen LogP contribution < -0.4 is 4.74 Å². The Hall–Kier alpha value is -1.93. The highest BCUT2D eigenvalue weighted by molar-refractivity contribution is 7.88. The summed E-state index contributed by atoms with van der Waals surface area (Å²) in [6, 6.07) is 3.71. The molecule has 0 amide bonds. The van der Waals surface area contributed by atoms with Gasteiger partial charge in [-0.25, -0.2) is 17.7 Å². The second kappa shape index (κ2) is 7.83.